The van der Waals surface area contributed by atoms with Gasteiger partial charge in [-0.3, -0.25) is 14.3 Å². The normalized spacial score (nSPS) is 12.1. The van der Waals surface area contributed by atoms with E-state index in [9.17, 15) is 14.0 Å². The van der Waals surface area contributed by atoms with Gasteiger partial charge < -0.3 is 9.15 Å². The Kier molecular flexibility index (Phi) is 5.89. The summed E-state index contributed by atoms with van der Waals surface area (Å²) in [7, 11) is 0. The first kappa shape index (κ1) is 23.4. The fourth-order valence-electron chi connectivity index (χ4n) is 3.95. The molecule has 0 aliphatic rings. The van der Waals surface area contributed by atoms with E-state index in [1.807, 2.05) is 13.0 Å². The molecule has 1 aromatic carbocycles. The van der Waals surface area contributed by atoms with Crippen LogP contribution in [0.1, 0.15) is 29.7 Å². The van der Waals surface area contributed by atoms with Gasteiger partial charge in [0.1, 0.15) is 28.3 Å². The molecule has 0 unspecified atom stereocenters. The van der Waals surface area contributed by atoms with Gasteiger partial charge in [-0.1, -0.05) is 16.8 Å². The van der Waals surface area contributed by atoms with Crippen LogP contribution in [-0.2, 0) is 0 Å². The van der Waals surface area contributed by atoms with E-state index in [2.05, 4.69) is 24.6 Å². The molecule has 11 heteroatoms. The molecule has 4 heterocycles. The minimum Gasteiger partial charge on any atom is -0.483 e. The molecule has 1 atom stereocenters. The van der Waals surface area contributed by atoms with E-state index < -0.39 is 17.8 Å². The van der Waals surface area contributed by atoms with Crippen molar-refractivity contribution in [2.75, 3.05) is 0 Å². The molecule has 182 valence electrons. The number of halogens is 2. The topological polar surface area (TPSA) is 124 Å². The summed E-state index contributed by atoms with van der Waals surface area (Å²) >= 11 is 6.04. The highest BCUT2D eigenvalue weighted by atomic mass is 35.5. The van der Waals surface area contributed by atoms with Crippen molar-refractivity contribution >= 4 is 22.6 Å². The predicted octanol–water partition coefficient (Wildman–Crippen LogP) is 5.14. The Morgan fingerprint density at radius 1 is 1.17 bits per heavy atom. The number of rotatable bonds is 5. The van der Waals surface area contributed by atoms with Crippen LogP contribution in [0, 0.1) is 19.8 Å². The SMILES string of the molecule is Cc1cc([C@@H](C)Oc2ccc(Cl)nc2-c2noc(=O)[nH]2)c2oc(-c3cccnc3F)c(C)c(=O)c2c1. The van der Waals surface area contributed by atoms with Crippen LogP contribution in [0.5, 0.6) is 5.75 Å². The molecule has 9 nitrogen and oxygen atoms in total. The molecule has 0 aliphatic carbocycles. The number of hydrogen-bond donors (Lipinski definition) is 1. The molecule has 4 aromatic heterocycles. The van der Waals surface area contributed by atoms with Crippen molar-refractivity contribution in [3.63, 3.8) is 0 Å². The van der Waals surface area contributed by atoms with E-state index in [4.69, 9.17) is 20.8 Å². The number of ether oxygens (including phenoxy) is 1. The smallest absolute Gasteiger partial charge is 0.439 e. The fraction of sp³-hybridized carbons (Fsp3) is 0.160. The fourth-order valence-corrected chi connectivity index (χ4v) is 4.10. The summed E-state index contributed by atoms with van der Waals surface area (Å²) in [5.74, 6) is -1.14. The van der Waals surface area contributed by atoms with Crippen LogP contribution in [0.25, 0.3) is 33.8 Å². The van der Waals surface area contributed by atoms with Crippen LogP contribution in [0.15, 0.2) is 61.1 Å². The number of aryl methyl sites for hydroxylation is 1. The lowest BCUT2D eigenvalue weighted by molar-refractivity contribution is 0.227. The first-order chi connectivity index (χ1) is 17.2. The van der Waals surface area contributed by atoms with Crippen molar-refractivity contribution in [2.24, 2.45) is 0 Å². The molecule has 0 fully saturated rings. The highest BCUT2D eigenvalue weighted by Gasteiger charge is 2.23. The monoisotopic (exact) mass is 508 g/mol. The van der Waals surface area contributed by atoms with Crippen molar-refractivity contribution in [1.82, 2.24) is 20.1 Å². The number of fused-ring (bicyclic) bond motifs is 1. The van der Waals surface area contributed by atoms with Gasteiger partial charge in [-0.05, 0) is 62.7 Å². The van der Waals surface area contributed by atoms with E-state index in [0.717, 1.165) is 5.56 Å². The van der Waals surface area contributed by atoms with Crippen molar-refractivity contribution < 1.29 is 18.1 Å². The third-order valence-corrected chi connectivity index (χ3v) is 5.84. The standard InChI is InChI=1S/C25H18ClFN4O5/c1-11-9-15(13(3)34-17-6-7-18(26)29-19(17)24-30-25(33)36-31-24)22-16(10-11)20(32)12(2)21(35-22)14-5-4-8-28-23(14)27/h4-10,13H,1-3H3,(H,30,31,33)/t13-/m1/s1. The van der Waals surface area contributed by atoms with Crippen LogP contribution in [0.3, 0.4) is 0 Å². The molecule has 5 rings (SSSR count). The maximum atomic E-state index is 14.5. The van der Waals surface area contributed by atoms with Gasteiger partial charge >= 0.3 is 5.76 Å². The van der Waals surface area contributed by atoms with E-state index in [1.54, 1.807) is 32.0 Å². The predicted molar refractivity (Wildman–Crippen MR) is 130 cm³/mol. The van der Waals surface area contributed by atoms with Gasteiger partial charge in [0.25, 0.3) is 0 Å². The van der Waals surface area contributed by atoms with Crippen LogP contribution in [-0.4, -0.2) is 20.1 Å². The minimum atomic E-state index is -0.761. The Morgan fingerprint density at radius 2 is 1.97 bits per heavy atom. The molecule has 36 heavy (non-hydrogen) atoms. The van der Waals surface area contributed by atoms with Crippen LogP contribution < -0.4 is 15.9 Å². The molecular weight excluding hydrogens is 491 g/mol. The number of hydrogen-bond acceptors (Lipinski definition) is 8. The van der Waals surface area contributed by atoms with Crippen molar-refractivity contribution in [2.45, 2.75) is 26.9 Å². The van der Waals surface area contributed by atoms with Gasteiger partial charge in [0.15, 0.2) is 11.1 Å². The number of aromatic nitrogens is 4. The van der Waals surface area contributed by atoms with Crippen molar-refractivity contribution in [3.05, 3.63) is 91.2 Å². The Hall–Kier alpha value is -4.31. The lowest BCUT2D eigenvalue weighted by Gasteiger charge is -2.19. The largest absolute Gasteiger partial charge is 0.483 e. The summed E-state index contributed by atoms with van der Waals surface area (Å²) in [4.78, 5) is 35.0. The van der Waals surface area contributed by atoms with E-state index in [0.29, 0.717) is 10.9 Å². The number of nitrogens with one attached hydrogen (secondary N) is 1. The van der Waals surface area contributed by atoms with Gasteiger partial charge in [-0.25, -0.2) is 14.8 Å². The molecular formula is C25H18ClFN4O5. The van der Waals surface area contributed by atoms with E-state index in [1.165, 1.54) is 18.3 Å². The highest BCUT2D eigenvalue weighted by molar-refractivity contribution is 6.29. The quantitative estimate of drug-likeness (QED) is 0.323. The zero-order valence-corrected chi connectivity index (χ0v) is 20.0. The second-order valence-electron chi connectivity index (χ2n) is 8.14. The number of benzene rings is 1. The number of pyridine rings is 2. The summed E-state index contributed by atoms with van der Waals surface area (Å²) in [6.07, 6.45) is 0.642. The molecule has 0 amide bonds. The van der Waals surface area contributed by atoms with E-state index in [-0.39, 0.29) is 50.3 Å². The maximum Gasteiger partial charge on any atom is 0.439 e. The van der Waals surface area contributed by atoms with Gasteiger partial charge in [0.2, 0.25) is 11.8 Å². The van der Waals surface area contributed by atoms with Crippen molar-refractivity contribution in [1.29, 1.82) is 0 Å². The molecule has 0 bridgehead atoms. The summed E-state index contributed by atoms with van der Waals surface area (Å²) < 4.78 is 31.4. The number of H-pyrrole nitrogens is 1. The first-order valence-corrected chi connectivity index (χ1v) is 11.2. The van der Waals surface area contributed by atoms with Crippen LogP contribution in [0.4, 0.5) is 4.39 Å². The lowest BCUT2D eigenvalue weighted by atomic mass is 10.00. The molecule has 0 radical (unpaired) electrons. The highest BCUT2D eigenvalue weighted by Crippen LogP contribution is 2.35. The third kappa shape index (κ3) is 4.16. The average molecular weight is 509 g/mol. The summed E-state index contributed by atoms with van der Waals surface area (Å²) in [6, 6.07) is 9.68. The molecule has 0 aliphatic heterocycles. The number of nitrogens with zero attached hydrogens (tertiary/aromatic N) is 3. The Bertz CT molecular complexity index is 1740. The van der Waals surface area contributed by atoms with Crippen molar-refractivity contribution in [3.8, 4) is 28.6 Å². The molecule has 5 aromatic rings. The number of aromatic amines is 1. The average Bonchev–Trinajstić information content (AvgIpc) is 3.29. The Morgan fingerprint density at radius 3 is 2.69 bits per heavy atom. The second-order valence-corrected chi connectivity index (χ2v) is 8.53. The molecule has 1 N–H and O–H groups in total. The zero-order chi connectivity index (χ0) is 25.6. The lowest BCUT2D eigenvalue weighted by Crippen LogP contribution is -2.12. The second kappa shape index (κ2) is 9.04. The van der Waals surface area contributed by atoms with Gasteiger partial charge in [0.05, 0.1) is 10.9 Å². The summed E-state index contributed by atoms with van der Waals surface area (Å²) in [6.45, 7) is 5.18. The molecule has 0 spiro atoms. The van der Waals surface area contributed by atoms with E-state index >= 15 is 0 Å². The Balaban J connectivity index is 1.66. The Labute approximate surface area is 207 Å². The summed E-state index contributed by atoms with van der Waals surface area (Å²) in [5.41, 5.74) is 1.80. The molecule has 0 saturated carbocycles. The van der Waals surface area contributed by atoms with Crippen LogP contribution >= 0.6 is 11.6 Å². The van der Waals surface area contributed by atoms with Gasteiger partial charge in [-0.15, -0.1) is 0 Å². The zero-order valence-electron chi connectivity index (χ0n) is 19.3. The van der Waals surface area contributed by atoms with Crippen LogP contribution in [0.2, 0.25) is 5.15 Å². The van der Waals surface area contributed by atoms with Gasteiger partial charge in [0, 0.05) is 17.3 Å². The van der Waals surface area contributed by atoms with Gasteiger partial charge in [-0.2, -0.15) is 4.39 Å². The third-order valence-electron chi connectivity index (χ3n) is 5.63. The molecule has 0 saturated heterocycles. The first-order valence-electron chi connectivity index (χ1n) is 10.8. The minimum absolute atomic E-state index is 0.0373. The summed E-state index contributed by atoms with van der Waals surface area (Å²) in [5, 5.41) is 4.15. The maximum absolute atomic E-state index is 14.5.